The lowest BCUT2D eigenvalue weighted by Crippen LogP contribution is -2.40. The van der Waals surface area contributed by atoms with E-state index in [0.717, 1.165) is 44.5 Å². The monoisotopic (exact) mass is 806 g/mol. The van der Waals surface area contributed by atoms with Gasteiger partial charge in [-0.2, -0.15) is 0 Å². The molecule has 0 aromatic heterocycles. The number of halogens is 1. The molecule has 1 unspecified atom stereocenters. The van der Waals surface area contributed by atoms with Gasteiger partial charge in [0.05, 0.1) is 6.61 Å². The Morgan fingerprint density at radius 3 is 2.27 bits per heavy atom. The van der Waals surface area contributed by atoms with E-state index in [4.69, 9.17) is 17.3 Å². The molecular weight excluding hydrogens is 759 g/mol. The summed E-state index contributed by atoms with van der Waals surface area (Å²) in [4.78, 5) is 28.8. The number of carbonyl (C=O) groups excluding carboxylic acids is 2. The van der Waals surface area contributed by atoms with Gasteiger partial charge in [-0.1, -0.05) is 91.9 Å². The number of carbonyl (C=O) groups is 2. The van der Waals surface area contributed by atoms with Gasteiger partial charge in [0, 0.05) is 37.2 Å². The van der Waals surface area contributed by atoms with Crippen LogP contribution in [0, 0.1) is 5.92 Å². The van der Waals surface area contributed by atoms with Crippen molar-refractivity contribution in [1.29, 1.82) is 0 Å². The molecule has 1 aliphatic rings. The molecule has 1 fully saturated rings. The van der Waals surface area contributed by atoms with E-state index in [9.17, 15) is 14.7 Å². The number of aliphatic hydroxyl groups is 1. The lowest BCUT2D eigenvalue weighted by atomic mass is 9.86. The largest absolute Gasteiger partial charge is 0.489 e. The molecule has 1 amide bonds. The Labute approximate surface area is 314 Å². The highest BCUT2D eigenvalue weighted by Crippen LogP contribution is 2.34. The average molecular weight is 807 g/mol. The zero-order valence-electron chi connectivity index (χ0n) is 29.0. The molecule has 9 nitrogen and oxygen atoms in total. The van der Waals surface area contributed by atoms with E-state index in [2.05, 4.69) is 34.5 Å². The first-order valence-corrected chi connectivity index (χ1v) is 18.5. The summed E-state index contributed by atoms with van der Waals surface area (Å²) in [5.41, 5.74) is 1.44. The zero-order chi connectivity index (χ0) is 35.9. The van der Waals surface area contributed by atoms with E-state index in [1.165, 1.54) is 5.56 Å². The second kappa shape index (κ2) is 19.7. The molecule has 1 heterocycles. The number of rotatable bonds is 18. The van der Waals surface area contributed by atoms with E-state index in [0.29, 0.717) is 42.0 Å². The highest BCUT2D eigenvalue weighted by molar-refractivity contribution is 14.1. The Hall–Kier alpha value is -3.81. The van der Waals surface area contributed by atoms with Crippen LogP contribution in [0.5, 0.6) is 5.75 Å². The van der Waals surface area contributed by atoms with Crippen LogP contribution in [0.4, 0.5) is 0 Å². The van der Waals surface area contributed by atoms with Gasteiger partial charge < -0.3 is 24.6 Å². The van der Waals surface area contributed by atoms with Gasteiger partial charge in [0.25, 0.3) is 5.91 Å². The van der Waals surface area contributed by atoms with Crippen LogP contribution in [0.1, 0.15) is 65.2 Å². The quantitative estimate of drug-likeness (QED) is 0.0619. The zero-order valence-corrected chi connectivity index (χ0v) is 31.2. The van der Waals surface area contributed by atoms with Crippen molar-refractivity contribution in [3.05, 3.63) is 137 Å². The Kier molecular flexibility index (Phi) is 14.8. The number of piperidine rings is 1. The van der Waals surface area contributed by atoms with Crippen molar-refractivity contribution in [2.24, 2.45) is 5.92 Å². The summed E-state index contributed by atoms with van der Waals surface area (Å²) < 4.78 is 22.8. The van der Waals surface area contributed by atoms with E-state index in [1.807, 2.05) is 54.2 Å². The molecule has 0 saturated carbocycles. The molecule has 0 bridgehead atoms. The normalized spacial score (nSPS) is 15.4. The van der Waals surface area contributed by atoms with Crippen LogP contribution in [-0.4, -0.2) is 61.0 Å². The van der Waals surface area contributed by atoms with Crippen molar-refractivity contribution in [2.45, 2.75) is 57.6 Å². The minimum atomic E-state index is -2.02. The molecule has 4 aromatic rings. The summed E-state index contributed by atoms with van der Waals surface area (Å²) in [6.07, 6.45) is 2.91. The van der Waals surface area contributed by atoms with E-state index in [-0.39, 0.29) is 31.3 Å². The molecule has 2 atom stereocenters. The molecule has 51 heavy (non-hydrogen) atoms. The third-order valence-corrected chi connectivity index (χ3v) is 9.61. The van der Waals surface area contributed by atoms with Crippen LogP contribution in [0.25, 0.3) is 0 Å². The Morgan fingerprint density at radius 1 is 0.902 bits per heavy atom. The van der Waals surface area contributed by atoms with Gasteiger partial charge in [0.2, 0.25) is 5.60 Å². The molecule has 1 aliphatic heterocycles. The Morgan fingerprint density at radius 2 is 1.59 bits per heavy atom. The molecule has 4 aromatic carbocycles. The van der Waals surface area contributed by atoms with Crippen molar-refractivity contribution >= 4 is 34.9 Å². The smallest absolute Gasteiger partial charge is 0.347 e. The number of amides is 1. The first-order valence-electron chi connectivity index (χ1n) is 17.6. The van der Waals surface area contributed by atoms with E-state index in [1.54, 1.807) is 60.7 Å². The Bertz CT molecular complexity index is 1650. The summed E-state index contributed by atoms with van der Waals surface area (Å²) >= 11 is 1.81. The summed E-state index contributed by atoms with van der Waals surface area (Å²) in [7, 11) is 0. The van der Waals surface area contributed by atoms with Crippen LogP contribution >= 0.6 is 23.0 Å². The van der Waals surface area contributed by atoms with Gasteiger partial charge in [0.1, 0.15) is 35.4 Å². The van der Waals surface area contributed by atoms with Crippen molar-refractivity contribution in [3.63, 3.8) is 0 Å². The van der Waals surface area contributed by atoms with Crippen LogP contribution in [-0.2, 0) is 36.1 Å². The maximum Gasteiger partial charge on any atom is 0.347 e. The molecular formula is C41H47IN2O7. The fraction of sp³-hybridized carbons (Fsp3) is 0.366. The predicted octanol–water partition coefficient (Wildman–Crippen LogP) is 7.20. The van der Waals surface area contributed by atoms with Crippen molar-refractivity contribution in [3.8, 4) is 5.75 Å². The van der Waals surface area contributed by atoms with Crippen molar-refractivity contribution < 1.29 is 32.0 Å². The highest BCUT2D eigenvalue weighted by Gasteiger charge is 2.42. The third-order valence-electron chi connectivity index (χ3n) is 9.04. The highest BCUT2D eigenvalue weighted by atomic mass is 127. The number of hydrogen-bond donors (Lipinski definition) is 2. The summed E-state index contributed by atoms with van der Waals surface area (Å²) in [5.74, 6) is -0.184. The maximum absolute atomic E-state index is 13.8. The van der Waals surface area contributed by atoms with Crippen LogP contribution in [0.3, 0.4) is 0 Å². The number of hydrogen-bond acceptors (Lipinski definition) is 8. The van der Waals surface area contributed by atoms with Gasteiger partial charge in [0.15, 0.2) is 6.29 Å². The minimum Gasteiger partial charge on any atom is -0.489 e. The van der Waals surface area contributed by atoms with Gasteiger partial charge in [-0.25, -0.2) is 4.79 Å². The van der Waals surface area contributed by atoms with Crippen LogP contribution < -0.4 is 10.1 Å². The van der Waals surface area contributed by atoms with Gasteiger partial charge >= 0.3 is 5.97 Å². The minimum absolute atomic E-state index is 0.182. The summed E-state index contributed by atoms with van der Waals surface area (Å²) in [6.45, 7) is 6.30. The van der Waals surface area contributed by atoms with Crippen molar-refractivity contribution in [1.82, 2.24) is 10.2 Å². The first kappa shape index (κ1) is 38.4. The fourth-order valence-corrected chi connectivity index (χ4v) is 6.47. The number of benzene rings is 4. The molecule has 5 rings (SSSR count). The Balaban J connectivity index is 1.16. The first-order chi connectivity index (χ1) is 24.9. The summed E-state index contributed by atoms with van der Waals surface area (Å²) in [6, 6.07) is 33.4. The third kappa shape index (κ3) is 11.1. The number of nitrogens with one attached hydrogen (secondary N) is 1. The SMILES string of the molecule is CCCOC(CCNC(=O)c1ccc(COc2cccc([C@](O)(C(=O)OCC3CCN(Cc4ccccc4)CC3)c3ccccc3)c2)cc1)OI. The fourth-order valence-electron chi connectivity index (χ4n) is 6.07. The summed E-state index contributed by atoms with van der Waals surface area (Å²) in [5, 5.41) is 15.0. The predicted molar refractivity (Wildman–Crippen MR) is 204 cm³/mol. The molecule has 270 valence electrons. The molecule has 0 aliphatic carbocycles. The number of ether oxygens (including phenoxy) is 3. The van der Waals surface area contributed by atoms with Crippen molar-refractivity contribution in [2.75, 3.05) is 32.8 Å². The topological polar surface area (TPSA) is 107 Å². The van der Waals surface area contributed by atoms with Crippen LogP contribution in [0.2, 0.25) is 0 Å². The number of nitrogens with zero attached hydrogens (tertiary/aromatic N) is 1. The average Bonchev–Trinajstić information content (AvgIpc) is 3.18. The van der Waals surface area contributed by atoms with Gasteiger partial charge in [-0.15, -0.1) is 0 Å². The lowest BCUT2D eigenvalue weighted by Gasteiger charge is -2.33. The number of likely N-dealkylation sites (tertiary alicyclic amines) is 1. The molecule has 0 radical (unpaired) electrons. The molecule has 2 N–H and O–H groups in total. The van der Waals surface area contributed by atoms with Gasteiger partial charge in [-0.05, 0) is 79.2 Å². The second-order valence-corrected chi connectivity index (χ2v) is 13.3. The van der Waals surface area contributed by atoms with E-state index < -0.39 is 11.6 Å². The van der Waals surface area contributed by atoms with E-state index >= 15 is 0 Å². The molecule has 0 spiro atoms. The molecule has 1 saturated heterocycles. The maximum atomic E-state index is 13.8. The standard InChI is InChI=1S/C41H47IN2O7/c1-2-26-48-38(51-42)20-23-43-39(45)34-18-16-32(17-19-34)29-49-37-15-9-14-36(27-37)41(47,35-12-7-4-8-13-35)40(46)50-30-33-21-24-44(25-22-33)28-31-10-5-3-6-11-31/h3-19,27,33,38,47H,2,20-26,28-30H2,1H3,(H,43,45)/t38?,41-/m0/s1. The lowest BCUT2D eigenvalue weighted by molar-refractivity contribution is -0.164. The molecule has 10 heteroatoms. The number of esters is 1. The second-order valence-electron chi connectivity index (χ2n) is 12.8. The van der Waals surface area contributed by atoms with Crippen LogP contribution in [0.15, 0.2) is 109 Å². The van der Waals surface area contributed by atoms with Gasteiger partial charge in [-0.3, -0.25) is 12.8 Å².